The molecule has 2 heteroatoms. The van der Waals surface area contributed by atoms with E-state index in [0.717, 1.165) is 12.1 Å². The lowest BCUT2D eigenvalue weighted by Gasteiger charge is -2.17. The van der Waals surface area contributed by atoms with Crippen molar-refractivity contribution in [2.24, 2.45) is 23.7 Å². The number of hydrogen-bond donors (Lipinski definition) is 1. The molecule has 0 aliphatic heterocycles. The molecule has 1 saturated carbocycles. The number of likely N-dealkylation sites (N-methyl/N-ethyl adjacent to an activating group) is 1. The third-order valence-corrected chi connectivity index (χ3v) is 3.90. The number of carbonyl (C=O) groups is 1. The zero-order chi connectivity index (χ0) is 9.71. The molecule has 14 heavy (non-hydrogen) atoms. The standard InChI is InChI=1S/C12H15NO/c1-13-6-9-5-10-7-2-3-8(4-7)11(10)12(9)14/h2-3,5,7-8,10-11,13H,4,6H2,1H3. The maximum Gasteiger partial charge on any atom is 0.164 e. The average molecular weight is 189 g/mol. The predicted octanol–water partition coefficient (Wildman–Crippen LogP) is 1.15. The summed E-state index contributed by atoms with van der Waals surface area (Å²) < 4.78 is 0. The van der Waals surface area contributed by atoms with Crippen LogP contribution in [0.3, 0.4) is 0 Å². The molecule has 4 unspecified atom stereocenters. The molecule has 3 aliphatic rings. The largest absolute Gasteiger partial charge is 0.316 e. The summed E-state index contributed by atoms with van der Waals surface area (Å²) in [5, 5.41) is 3.07. The van der Waals surface area contributed by atoms with E-state index in [1.807, 2.05) is 7.05 Å². The molecule has 0 amide bonds. The monoisotopic (exact) mass is 189 g/mol. The van der Waals surface area contributed by atoms with E-state index in [-0.39, 0.29) is 0 Å². The van der Waals surface area contributed by atoms with Gasteiger partial charge in [-0.15, -0.1) is 0 Å². The van der Waals surface area contributed by atoms with Crippen molar-refractivity contribution < 1.29 is 4.79 Å². The van der Waals surface area contributed by atoms with Crippen LogP contribution in [0.1, 0.15) is 6.42 Å². The summed E-state index contributed by atoms with van der Waals surface area (Å²) in [6.45, 7) is 0.741. The molecule has 2 bridgehead atoms. The topological polar surface area (TPSA) is 29.1 Å². The van der Waals surface area contributed by atoms with Gasteiger partial charge in [0.1, 0.15) is 0 Å². The maximum absolute atomic E-state index is 12.0. The first-order valence-electron chi connectivity index (χ1n) is 5.39. The number of carbonyl (C=O) groups excluding carboxylic acids is 1. The van der Waals surface area contributed by atoms with Crippen LogP contribution in [0.15, 0.2) is 23.8 Å². The lowest BCUT2D eigenvalue weighted by molar-refractivity contribution is -0.119. The van der Waals surface area contributed by atoms with Crippen LogP contribution in [0.4, 0.5) is 0 Å². The van der Waals surface area contributed by atoms with E-state index in [1.165, 1.54) is 6.42 Å². The Morgan fingerprint density at radius 2 is 2.21 bits per heavy atom. The summed E-state index contributed by atoms with van der Waals surface area (Å²) in [5.41, 5.74) is 1.01. The van der Waals surface area contributed by atoms with Gasteiger partial charge < -0.3 is 5.32 Å². The number of Topliss-reactive ketones (excluding diaryl/α,β-unsaturated/α-hetero) is 1. The van der Waals surface area contributed by atoms with Gasteiger partial charge in [-0.3, -0.25) is 4.79 Å². The minimum atomic E-state index is 0.299. The van der Waals surface area contributed by atoms with E-state index in [1.54, 1.807) is 0 Å². The maximum atomic E-state index is 12.0. The van der Waals surface area contributed by atoms with Gasteiger partial charge in [-0.2, -0.15) is 0 Å². The second-order valence-corrected chi connectivity index (χ2v) is 4.64. The summed E-state index contributed by atoms with van der Waals surface area (Å²) in [7, 11) is 1.90. The van der Waals surface area contributed by atoms with E-state index in [4.69, 9.17) is 0 Å². The van der Waals surface area contributed by atoms with Gasteiger partial charge >= 0.3 is 0 Å². The van der Waals surface area contributed by atoms with Crippen LogP contribution in [0.5, 0.6) is 0 Å². The van der Waals surface area contributed by atoms with Crippen LogP contribution in [-0.2, 0) is 4.79 Å². The van der Waals surface area contributed by atoms with E-state index in [9.17, 15) is 4.79 Å². The van der Waals surface area contributed by atoms with Crippen molar-refractivity contribution in [2.45, 2.75) is 6.42 Å². The Labute approximate surface area is 84.1 Å². The summed E-state index contributed by atoms with van der Waals surface area (Å²) in [4.78, 5) is 12.0. The molecular weight excluding hydrogens is 174 g/mol. The summed E-state index contributed by atoms with van der Waals surface area (Å²) >= 11 is 0. The molecule has 0 heterocycles. The molecule has 0 saturated heterocycles. The van der Waals surface area contributed by atoms with Crippen molar-refractivity contribution in [2.75, 3.05) is 13.6 Å². The molecule has 1 N–H and O–H groups in total. The second kappa shape index (κ2) is 2.80. The quantitative estimate of drug-likeness (QED) is 0.660. The summed E-state index contributed by atoms with van der Waals surface area (Å²) in [6.07, 6.45) is 7.99. The van der Waals surface area contributed by atoms with Gasteiger partial charge in [-0.1, -0.05) is 18.2 Å². The average Bonchev–Trinajstić information content (AvgIpc) is 2.81. The molecule has 0 aromatic carbocycles. The Kier molecular flexibility index (Phi) is 1.68. The molecule has 2 nitrogen and oxygen atoms in total. The summed E-state index contributed by atoms with van der Waals surface area (Å²) in [5.74, 6) is 2.43. The van der Waals surface area contributed by atoms with Crippen LogP contribution >= 0.6 is 0 Å². The molecule has 74 valence electrons. The van der Waals surface area contributed by atoms with Crippen molar-refractivity contribution in [3.8, 4) is 0 Å². The van der Waals surface area contributed by atoms with Gasteiger partial charge in [0, 0.05) is 18.0 Å². The number of allylic oxidation sites excluding steroid dienone is 3. The first kappa shape index (κ1) is 8.42. The summed E-state index contributed by atoms with van der Waals surface area (Å²) in [6, 6.07) is 0. The highest BCUT2D eigenvalue weighted by Crippen LogP contribution is 2.52. The molecule has 0 radical (unpaired) electrons. The molecule has 0 aromatic heterocycles. The fourth-order valence-corrected chi connectivity index (χ4v) is 3.32. The Morgan fingerprint density at radius 3 is 2.93 bits per heavy atom. The van der Waals surface area contributed by atoms with Crippen LogP contribution in [0, 0.1) is 23.7 Å². The minimum absolute atomic E-state index is 0.299. The Hall–Kier alpha value is -0.890. The predicted molar refractivity (Wildman–Crippen MR) is 54.7 cm³/mol. The minimum Gasteiger partial charge on any atom is -0.316 e. The van der Waals surface area contributed by atoms with E-state index in [2.05, 4.69) is 23.5 Å². The molecule has 3 rings (SSSR count). The normalized spacial score (nSPS) is 43.2. The lowest BCUT2D eigenvalue weighted by atomic mass is 9.85. The Bertz CT molecular complexity index is 342. The molecule has 3 aliphatic carbocycles. The van der Waals surface area contributed by atoms with Gasteiger partial charge in [-0.25, -0.2) is 0 Å². The zero-order valence-electron chi connectivity index (χ0n) is 8.36. The third-order valence-electron chi connectivity index (χ3n) is 3.90. The first-order chi connectivity index (χ1) is 6.81. The second-order valence-electron chi connectivity index (χ2n) is 4.64. The van der Waals surface area contributed by atoms with Crippen molar-refractivity contribution in [3.63, 3.8) is 0 Å². The Morgan fingerprint density at radius 1 is 1.43 bits per heavy atom. The van der Waals surface area contributed by atoms with E-state index >= 15 is 0 Å². The highest BCUT2D eigenvalue weighted by molar-refractivity contribution is 6.01. The van der Waals surface area contributed by atoms with Crippen LogP contribution in [0.2, 0.25) is 0 Å². The number of ketones is 1. The van der Waals surface area contributed by atoms with Gasteiger partial charge in [-0.05, 0) is 31.2 Å². The molecule has 0 spiro atoms. The third kappa shape index (κ3) is 0.921. The number of rotatable bonds is 2. The molecule has 1 fully saturated rings. The molecule has 0 aromatic rings. The van der Waals surface area contributed by atoms with Crippen molar-refractivity contribution in [1.29, 1.82) is 0 Å². The van der Waals surface area contributed by atoms with Gasteiger partial charge in [0.25, 0.3) is 0 Å². The number of nitrogens with one attached hydrogen (secondary N) is 1. The molecular formula is C12H15NO. The number of hydrogen-bond acceptors (Lipinski definition) is 2. The molecule has 4 atom stereocenters. The van der Waals surface area contributed by atoms with Gasteiger partial charge in [0.2, 0.25) is 0 Å². The fourth-order valence-electron chi connectivity index (χ4n) is 3.32. The fraction of sp³-hybridized carbons (Fsp3) is 0.583. The Balaban J connectivity index is 1.90. The van der Waals surface area contributed by atoms with E-state index in [0.29, 0.717) is 29.5 Å². The van der Waals surface area contributed by atoms with Gasteiger partial charge in [0.05, 0.1) is 0 Å². The highest BCUT2D eigenvalue weighted by atomic mass is 16.1. The van der Waals surface area contributed by atoms with Crippen molar-refractivity contribution >= 4 is 5.78 Å². The first-order valence-corrected chi connectivity index (χ1v) is 5.39. The van der Waals surface area contributed by atoms with Crippen LogP contribution in [-0.4, -0.2) is 19.4 Å². The number of fused-ring (bicyclic) bond motifs is 5. The smallest absolute Gasteiger partial charge is 0.164 e. The van der Waals surface area contributed by atoms with E-state index < -0.39 is 0 Å². The van der Waals surface area contributed by atoms with Crippen LogP contribution < -0.4 is 5.32 Å². The van der Waals surface area contributed by atoms with Crippen molar-refractivity contribution in [3.05, 3.63) is 23.8 Å². The van der Waals surface area contributed by atoms with Crippen molar-refractivity contribution in [1.82, 2.24) is 5.32 Å². The zero-order valence-corrected chi connectivity index (χ0v) is 8.36. The van der Waals surface area contributed by atoms with Crippen LogP contribution in [0.25, 0.3) is 0 Å². The SMILES string of the molecule is CNCC1=CC2C3C=CC(C3)C2C1=O. The van der Waals surface area contributed by atoms with Gasteiger partial charge in [0.15, 0.2) is 5.78 Å². The highest BCUT2D eigenvalue weighted by Gasteiger charge is 2.50. The lowest BCUT2D eigenvalue weighted by Crippen LogP contribution is -2.23.